The zero-order chi connectivity index (χ0) is 12.3. The molecule has 1 amide bonds. The van der Waals surface area contributed by atoms with Crippen LogP contribution in [0.2, 0.25) is 0 Å². The lowest BCUT2D eigenvalue weighted by atomic mass is 10.0. The number of benzene rings is 1. The molecule has 5 heteroatoms. The molecule has 1 unspecified atom stereocenters. The molecule has 0 radical (unpaired) electrons. The number of nitrogens with two attached hydrogens (primary N) is 1. The van der Waals surface area contributed by atoms with Gasteiger partial charge in [-0.05, 0) is 37.2 Å². The van der Waals surface area contributed by atoms with Gasteiger partial charge in [0.05, 0.1) is 6.61 Å². The summed E-state index contributed by atoms with van der Waals surface area (Å²) in [6.07, 6.45) is 0.598. The van der Waals surface area contributed by atoms with Crippen LogP contribution in [0.3, 0.4) is 0 Å². The third kappa shape index (κ3) is 2.98. The van der Waals surface area contributed by atoms with Crippen LogP contribution in [0.1, 0.15) is 6.42 Å². The number of carbonyl (C=O) groups excluding carboxylic acids is 1. The highest BCUT2D eigenvalue weighted by Crippen LogP contribution is 2.23. The highest BCUT2D eigenvalue weighted by atomic mass is 79.9. The number of rotatable bonds is 3. The molecule has 2 N–H and O–H groups in total. The highest BCUT2D eigenvalue weighted by Gasteiger charge is 2.27. The quantitative estimate of drug-likeness (QED) is 0.932. The van der Waals surface area contributed by atoms with Crippen molar-refractivity contribution < 1.29 is 9.53 Å². The lowest BCUT2D eigenvalue weighted by Crippen LogP contribution is -2.43. The van der Waals surface area contributed by atoms with Crippen molar-refractivity contribution in [2.45, 2.75) is 6.42 Å². The number of ether oxygens (including phenoxy) is 1. The Balaban J connectivity index is 2.12. The van der Waals surface area contributed by atoms with Gasteiger partial charge in [-0.1, -0.05) is 15.9 Å². The van der Waals surface area contributed by atoms with Crippen molar-refractivity contribution in [2.24, 2.45) is 11.7 Å². The van der Waals surface area contributed by atoms with Crippen LogP contribution in [-0.4, -0.2) is 25.8 Å². The zero-order valence-corrected chi connectivity index (χ0v) is 11.0. The summed E-state index contributed by atoms with van der Waals surface area (Å²) in [6.45, 7) is 1.77. The molecule has 17 heavy (non-hydrogen) atoms. The fraction of sp³-hybridized carbons (Fsp3) is 0.417. The second-order valence-corrected chi connectivity index (χ2v) is 5.02. The smallest absolute Gasteiger partial charge is 0.414 e. The van der Waals surface area contributed by atoms with Crippen LogP contribution in [0.15, 0.2) is 28.7 Å². The van der Waals surface area contributed by atoms with Crippen molar-refractivity contribution in [2.75, 3.05) is 24.6 Å². The van der Waals surface area contributed by atoms with E-state index in [-0.39, 0.29) is 6.09 Å². The van der Waals surface area contributed by atoms with Gasteiger partial charge in [-0.25, -0.2) is 4.79 Å². The summed E-state index contributed by atoms with van der Waals surface area (Å²) in [7, 11) is 0. The molecule has 92 valence electrons. The fourth-order valence-electron chi connectivity index (χ4n) is 1.89. The summed E-state index contributed by atoms with van der Waals surface area (Å²) in [6, 6.07) is 7.62. The average molecular weight is 299 g/mol. The summed E-state index contributed by atoms with van der Waals surface area (Å²) in [4.78, 5) is 13.4. The molecule has 0 aliphatic carbocycles. The van der Waals surface area contributed by atoms with E-state index in [1.54, 1.807) is 4.90 Å². The molecule has 0 saturated carbocycles. The molecule has 2 rings (SSSR count). The van der Waals surface area contributed by atoms with E-state index in [2.05, 4.69) is 15.9 Å². The van der Waals surface area contributed by atoms with Crippen molar-refractivity contribution >= 4 is 27.7 Å². The first-order chi connectivity index (χ1) is 8.20. The minimum atomic E-state index is -0.277. The van der Waals surface area contributed by atoms with E-state index in [1.807, 2.05) is 24.3 Å². The van der Waals surface area contributed by atoms with Crippen LogP contribution >= 0.6 is 15.9 Å². The normalized spacial score (nSPS) is 20.2. The number of anilines is 1. The molecule has 1 aromatic carbocycles. The number of carbonyl (C=O) groups is 1. The molecule has 1 atom stereocenters. The van der Waals surface area contributed by atoms with Gasteiger partial charge in [-0.2, -0.15) is 0 Å². The number of halogens is 1. The molecule has 1 heterocycles. The third-order valence-corrected chi connectivity index (χ3v) is 3.35. The van der Waals surface area contributed by atoms with Crippen LogP contribution in [0, 0.1) is 5.92 Å². The molecular weight excluding hydrogens is 284 g/mol. The standard InChI is InChI=1S/C12H15BrN2O2/c13-10-1-3-11(4-2-10)15-7-9(5-6-14)8-17-12(15)16/h1-4,9H,5-8,14H2. The van der Waals surface area contributed by atoms with Gasteiger partial charge in [0.1, 0.15) is 0 Å². The van der Waals surface area contributed by atoms with E-state index < -0.39 is 0 Å². The number of cyclic esters (lactones) is 1. The molecular formula is C12H15BrN2O2. The first-order valence-corrected chi connectivity index (χ1v) is 6.40. The van der Waals surface area contributed by atoms with E-state index in [0.29, 0.717) is 25.6 Å². The maximum absolute atomic E-state index is 11.7. The number of nitrogens with zero attached hydrogens (tertiary/aromatic N) is 1. The Hall–Kier alpha value is -1.07. The van der Waals surface area contributed by atoms with E-state index >= 15 is 0 Å². The Labute approximate surface area is 109 Å². The summed E-state index contributed by atoms with van der Waals surface area (Å²) in [5, 5.41) is 0. The molecule has 0 bridgehead atoms. The Kier molecular flexibility index (Phi) is 4.02. The maximum Gasteiger partial charge on any atom is 0.414 e. The molecule has 0 spiro atoms. The molecule has 1 aliphatic rings. The van der Waals surface area contributed by atoms with Crippen molar-refractivity contribution in [3.63, 3.8) is 0 Å². The van der Waals surface area contributed by atoms with Gasteiger partial charge in [-0.3, -0.25) is 4.90 Å². The predicted molar refractivity (Wildman–Crippen MR) is 70.0 cm³/mol. The van der Waals surface area contributed by atoms with Gasteiger partial charge in [-0.15, -0.1) is 0 Å². The Morgan fingerprint density at radius 1 is 1.41 bits per heavy atom. The van der Waals surface area contributed by atoms with Crippen LogP contribution < -0.4 is 10.6 Å². The molecule has 1 aromatic rings. The van der Waals surface area contributed by atoms with Crippen LogP contribution in [-0.2, 0) is 4.74 Å². The Morgan fingerprint density at radius 3 is 2.76 bits per heavy atom. The third-order valence-electron chi connectivity index (χ3n) is 2.82. The minimum Gasteiger partial charge on any atom is -0.449 e. The number of amides is 1. The van der Waals surface area contributed by atoms with Gasteiger partial charge in [0, 0.05) is 22.6 Å². The van der Waals surface area contributed by atoms with E-state index in [0.717, 1.165) is 16.6 Å². The average Bonchev–Trinajstić information content (AvgIpc) is 2.33. The molecule has 0 aromatic heterocycles. The van der Waals surface area contributed by atoms with Crippen molar-refractivity contribution in [1.82, 2.24) is 0 Å². The van der Waals surface area contributed by atoms with Gasteiger partial charge < -0.3 is 10.5 Å². The molecule has 1 aliphatic heterocycles. The van der Waals surface area contributed by atoms with Crippen molar-refractivity contribution in [1.29, 1.82) is 0 Å². The van der Waals surface area contributed by atoms with E-state index in [4.69, 9.17) is 10.5 Å². The topological polar surface area (TPSA) is 55.6 Å². The van der Waals surface area contributed by atoms with Crippen LogP contribution in [0.4, 0.5) is 10.5 Å². The van der Waals surface area contributed by atoms with Gasteiger partial charge >= 0.3 is 6.09 Å². The first kappa shape index (κ1) is 12.4. The largest absolute Gasteiger partial charge is 0.449 e. The lowest BCUT2D eigenvalue weighted by molar-refractivity contribution is 0.113. The molecule has 1 saturated heterocycles. The number of hydrogen-bond acceptors (Lipinski definition) is 3. The first-order valence-electron chi connectivity index (χ1n) is 5.60. The maximum atomic E-state index is 11.7. The second kappa shape index (κ2) is 5.51. The van der Waals surface area contributed by atoms with Crippen molar-refractivity contribution in [3.05, 3.63) is 28.7 Å². The molecule has 1 fully saturated rings. The lowest BCUT2D eigenvalue weighted by Gasteiger charge is -2.32. The van der Waals surface area contributed by atoms with E-state index in [9.17, 15) is 4.79 Å². The SMILES string of the molecule is NCCC1COC(=O)N(c2ccc(Br)cc2)C1. The van der Waals surface area contributed by atoms with Gasteiger partial charge in [0.15, 0.2) is 0 Å². The zero-order valence-electron chi connectivity index (χ0n) is 9.43. The fourth-order valence-corrected chi connectivity index (χ4v) is 2.16. The van der Waals surface area contributed by atoms with Crippen LogP contribution in [0.25, 0.3) is 0 Å². The van der Waals surface area contributed by atoms with E-state index in [1.165, 1.54) is 0 Å². The van der Waals surface area contributed by atoms with Gasteiger partial charge in [0.25, 0.3) is 0 Å². The Bertz CT molecular complexity index is 394. The highest BCUT2D eigenvalue weighted by molar-refractivity contribution is 9.10. The monoisotopic (exact) mass is 298 g/mol. The molecule has 4 nitrogen and oxygen atoms in total. The summed E-state index contributed by atoms with van der Waals surface area (Å²) < 4.78 is 6.15. The summed E-state index contributed by atoms with van der Waals surface area (Å²) in [5.41, 5.74) is 6.39. The van der Waals surface area contributed by atoms with Crippen molar-refractivity contribution in [3.8, 4) is 0 Å². The van der Waals surface area contributed by atoms with Gasteiger partial charge in [0.2, 0.25) is 0 Å². The summed E-state index contributed by atoms with van der Waals surface area (Å²) in [5.74, 6) is 0.321. The second-order valence-electron chi connectivity index (χ2n) is 4.11. The minimum absolute atomic E-state index is 0.277. The van der Waals surface area contributed by atoms with Crippen LogP contribution in [0.5, 0.6) is 0 Å². The predicted octanol–water partition coefficient (Wildman–Crippen LogP) is 2.37. The Morgan fingerprint density at radius 2 is 2.12 bits per heavy atom. The summed E-state index contributed by atoms with van der Waals surface area (Å²) >= 11 is 3.37. The number of hydrogen-bond donors (Lipinski definition) is 1.